The molecule has 20 heavy (non-hydrogen) atoms. The number of nitrogens with one attached hydrogen (secondary N) is 1. The first-order chi connectivity index (χ1) is 9.66. The van der Waals surface area contributed by atoms with E-state index in [1.165, 1.54) is 18.2 Å². The Hall–Kier alpha value is -1.75. The number of benzene rings is 1. The van der Waals surface area contributed by atoms with E-state index in [0.717, 1.165) is 38.8 Å². The summed E-state index contributed by atoms with van der Waals surface area (Å²) in [7, 11) is 0. The van der Waals surface area contributed by atoms with Crippen molar-refractivity contribution in [3.63, 3.8) is 0 Å². The molecule has 5 nitrogen and oxygen atoms in total. The second kappa shape index (κ2) is 5.32. The fourth-order valence-electron chi connectivity index (χ4n) is 3.36. The van der Waals surface area contributed by atoms with Crippen LogP contribution in [0.25, 0.3) is 0 Å². The molecule has 5 heteroatoms. The van der Waals surface area contributed by atoms with E-state index in [4.69, 9.17) is 0 Å². The van der Waals surface area contributed by atoms with E-state index in [1.54, 1.807) is 0 Å². The molecule has 0 aliphatic carbocycles. The fraction of sp³-hybridized carbons (Fsp3) is 0.533. The number of carbonyl (C=O) groups is 1. The van der Waals surface area contributed by atoms with Crippen LogP contribution in [0.3, 0.4) is 0 Å². The average Bonchev–Trinajstić information content (AvgIpc) is 3.09. The van der Waals surface area contributed by atoms with Gasteiger partial charge in [0.05, 0.1) is 5.56 Å². The van der Waals surface area contributed by atoms with Gasteiger partial charge in [0.25, 0.3) is 5.91 Å². The first-order valence-corrected chi connectivity index (χ1v) is 7.23. The summed E-state index contributed by atoms with van der Waals surface area (Å²) in [6.45, 7) is 1.76. The number of rotatable bonds is 2. The number of phenols is 2. The van der Waals surface area contributed by atoms with Gasteiger partial charge >= 0.3 is 0 Å². The molecule has 2 saturated heterocycles. The number of amides is 1. The Balaban J connectivity index is 1.81. The highest BCUT2D eigenvalue weighted by molar-refractivity contribution is 5.97. The lowest BCUT2D eigenvalue weighted by atomic mass is 10.0. The molecule has 0 radical (unpaired) electrons. The summed E-state index contributed by atoms with van der Waals surface area (Å²) >= 11 is 0. The Morgan fingerprint density at radius 2 is 2.10 bits per heavy atom. The van der Waals surface area contributed by atoms with Crippen LogP contribution >= 0.6 is 0 Å². The predicted molar refractivity (Wildman–Crippen MR) is 74.9 cm³/mol. The van der Waals surface area contributed by atoms with Gasteiger partial charge in [0, 0.05) is 24.7 Å². The number of likely N-dealkylation sites (tertiary alicyclic amines) is 1. The van der Waals surface area contributed by atoms with Gasteiger partial charge in [0.15, 0.2) is 0 Å². The number of phenolic OH excluding ortho intramolecular Hbond substituents is 2. The van der Waals surface area contributed by atoms with Crippen LogP contribution in [0, 0.1) is 0 Å². The smallest absolute Gasteiger partial charge is 0.257 e. The lowest BCUT2D eigenvalue weighted by molar-refractivity contribution is 0.0708. The van der Waals surface area contributed by atoms with E-state index in [2.05, 4.69) is 5.32 Å². The van der Waals surface area contributed by atoms with Crippen molar-refractivity contribution < 1.29 is 15.0 Å². The third kappa shape index (κ3) is 2.33. The second-order valence-corrected chi connectivity index (χ2v) is 5.61. The normalized spacial score (nSPS) is 26.1. The van der Waals surface area contributed by atoms with E-state index in [0.29, 0.717) is 6.04 Å². The van der Waals surface area contributed by atoms with Crippen molar-refractivity contribution in [3.8, 4) is 11.5 Å². The third-order valence-electron chi connectivity index (χ3n) is 4.33. The van der Waals surface area contributed by atoms with E-state index in [9.17, 15) is 15.0 Å². The molecule has 2 fully saturated rings. The highest BCUT2D eigenvalue weighted by Crippen LogP contribution is 2.30. The Morgan fingerprint density at radius 3 is 2.80 bits per heavy atom. The van der Waals surface area contributed by atoms with Crippen molar-refractivity contribution in [3.05, 3.63) is 23.8 Å². The molecule has 108 valence electrons. The van der Waals surface area contributed by atoms with Gasteiger partial charge in [-0.15, -0.1) is 0 Å². The van der Waals surface area contributed by atoms with Gasteiger partial charge in [0.2, 0.25) is 0 Å². The standard InChI is InChI=1S/C15H20N2O3/c18-10-5-6-11(14(19)9-10)15(20)17-8-2-4-13(17)12-3-1-7-16-12/h5-6,9,12-13,16,18-19H,1-4,7-8H2. The van der Waals surface area contributed by atoms with Crippen LogP contribution in [-0.4, -0.2) is 46.2 Å². The highest BCUT2D eigenvalue weighted by Gasteiger charge is 2.36. The van der Waals surface area contributed by atoms with Gasteiger partial charge in [-0.1, -0.05) is 0 Å². The maximum atomic E-state index is 12.6. The number of nitrogens with zero attached hydrogens (tertiary/aromatic N) is 1. The molecule has 2 heterocycles. The zero-order valence-electron chi connectivity index (χ0n) is 11.4. The predicted octanol–water partition coefficient (Wildman–Crippen LogP) is 1.45. The monoisotopic (exact) mass is 276 g/mol. The van der Waals surface area contributed by atoms with Crippen molar-refractivity contribution in [2.75, 3.05) is 13.1 Å². The topological polar surface area (TPSA) is 72.8 Å². The molecule has 0 spiro atoms. The average molecular weight is 276 g/mol. The molecule has 0 bridgehead atoms. The third-order valence-corrected chi connectivity index (χ3v) is 4.33. The summed E-state index contributed by atoms with van der Waals surface area (Å²) < 4.78 is 0. The molecule has 2 unspecified atom stereocenters. The molecule has 3 rings (SSSR count). The number of hydrogen-bond acceptors (Lipinski definition) is 4. The van der Waals surface area contributed by atoms with E-state index >= 15 is 0 Å². The van der Waals surface area contributed by atoms with Crippen LogP contribution < -0.4 is 5.32 Å². The van der Waals surface area contributed by atoms with Gasteiger partial charge in [-0.3, -0.25) is 4.79 Å². The van der Waals surface area contributed by atoms with Crippen LogP contribution in [0.2, 0.25) is 0 Å². The molecule has 2 aliphatic heterocycles. The van der Waals surface area contributed by atoms with Crippen LogP contribution in [0.4, 0.5) is 0 Å². The summed E-state index contributed by atoms with van der Waals surface area (Å²) in [6, 6.07) is 4.74. The van der Waals surface area contributed by atoms with E-state index in [-0.39, 0.29) is 29.0 Å². The molecule has 1 aromatic carbocycles. The maximum Gasteiger partial charge on any atom is 0.257 e. The highest BCUT2D eigenvalue weighted by atomic mass is 16.3. The van der Waals surface area contributed by atoms with Crippen LogP contribution in [0.15, 0.2) is 18.2 Å². The second-order valence-electron chi connectivity index (χ2n) is 5.61. The summed E-state index contributed by atoms with van der Waals surface area (Å²) in [5.41, 5.74) is 0.271. The Labute approximate surface area is 118 Å². The molecule has 1 aromatic rings. The minimum atomic E-state index is -0.153. The van der Waals surface area contributed by atoms with Crippen molar-refractivity contribution in [2.45, 2.75) is 37.8 Å². The first kappa shape index (κ1) is 13.2. The number of carbonyl (C=O) groups excluding carboxylic acids is 1. The molecule has 0 aromatic heterocycles. The minimum Gasteiger partial charge on any atom is -0.508 e. The van der Waals surface area contributed by atoms with Crippen molar-refractivity contribution in [1.82, 2.24) is 10.2 Å². The quantitative estimate of drug-likeness (QED) is 0.764. The molecule has 3 N–H and O–H groups in total. The van der Waals surface area contributed by atoms with Crippen molar-refractivity contribution in [2.24, 2.45) is 0 Å². The fourth-order valence-corrected chi connectivity index (χ4v) is 3.36. The Morgan fingerprint density at radius 1 is 1.25 bits per heavy atom. The van der Waals surface area contributed by atoms with Gasteiger partial charge < -0.3 is 20.4 Å². The number of hydrogen-bond donors (Lipinski definition) is 3. The van der Waals surface area contributed by atoms with Crippen LogP contribution in [0.5, 0.6) is 11.5 Å². The zero-order valence-corrected chi connectivity index (χ0v) is 11.4. The summed E-state index contributed by atoms with van der Waals surface area (Å²) in [5, 5.41) is 22.6. The van der Waals surface area contributed by atoms with E-state index < -0.39 is 0 Å². The molecule has 2 atom stereocenters. The van der Waals surface area contributed by atoms with Gasteiger partial charge in [0.1, 0.15) is 11.5 Å². The SMILES string of the molecule is O=C(c1ccc(O)cc1O)N1CCCC1C1CCCN1. The largest absolute Gasteiger partial charge is 0.508 e. The molecular formula is C15H20N2O3. The maximum absolute atomic E-state index is 12.6. The van der Waals surface area contributed by atoms with Gasteiger partial charge in [-0.2, -0.15) is 0 Å². The Kier molecular flexibility index (Phi) is 3.53. The molecule has 2 aliphatic rings. The lowest BCUT2D eigenvalue weighted by Gasteiger charge is -2.29. The van der Waals surface area contributed by atoms with Gasteiger partial charge in [-0.25, -0.2) is 0 Å². The van der Waals surface area contributed by atoms with Crippen LogP contribution in [-0.2, 0) is 0 Å². The number of aromatic hydroxyl groups is 2. The van der Waals surface area contributed by atoms with Crippen molar-refractivity contribution in [1.29, 1.82) is 0 Å². The lowest BCUT2D eigenvalue weighted by Crippen LogP contribution is -2.46. The molecular weight excluding hydrogens is 256 g/mol. The van der Waals surface area contributed by atoms with E-state index in [1.807, 2.05) is 4.90 Å². The molecule has 1 amide bonds. The summed E-state index contributed by atoms with van der Waals surface area (Å²) in [6.07, 6.45) is 4.29. The molecule has 0 saturated carbocycles. The van der Waals surface area contributed by atoms with Gasteiger partial charge in [-0.05, 0) is 44.4 Å². The van der Waals surface area contributed by atoms with Crippen molar-refractivity contribution >= 4 is 5.91 Å². The minimum absolute atomic E-state index is 0.0329. The summed E-state index contributed by atoms with van der Waals surface area (Å²) in [4.78, 5) is 14.5. The zero-order chi connectivity index (χ0) is 14.1. The Bertz CT molecular complexity index is 512. The van der Waals surface area contributed by atoms with Crippen LogP contribution in [0.1, 0.15) is 36.0 Å². The summed E-state index contributed by atoms with van der Waals surface area (Å²) in [5.74, 6) is -0.326. The first-order valence-electron chi connectivity index (χ1n) is 7.23.